The molecule has 1 aliphatic carbocycles. The smallest absolute Gasteiger partial charge is 0.182 e. The van der Waals surface area contributed by atoms with Gasteiger partial charge in [-0.2, -0.15) is 5.10 Å². The number of benzene rings is 1. The summed E-state index contributed by atoms with van der Waals surface area (Å²) in [5.74, 6) is -3.09. The van der Waals surface area contributed by atoms with Crippen molar-refractivity contribution in [2.24, 2.45) is 0 Å². The van der Waals surface area contributed by atoms with Crippen molar-refractivity contribution < 1.29 is 13.2 Å². The molecule has 0 radical (unpaired) electrons. The summed E-state index contributed by atoms with van der Waals surface area (Å²) in [5.41, 5.74) is 0.522. The molecule has 0 aliphatic heterocycles. The fraction of sp³-hybridized carbons (Fsp3) is 0.400. The number of hydrogen-bond donors (Lipinski definition) is 1. The predicted molar refractivity (Wildman–Crippen MR) is 73.4 cm³/mol. The second-order valence-electron chi connectivity index (χ2n) is 5.33. The highest BCUT2D eigenvalue weighted by atomic mass is 19.2. The van der Waals surface area contributed by atoms with Crippen LogP contribution in [0, 0.1) is 17.5 Å². The van der Waals surface area contributed by atoms with Gasteiger partial charge in [0.15, 0.2) is 11.6 Å². The van der Waals surface area contributed by atoms with E-state index in [4.69, 9.17) is 0 Å². The van der Waals surface area contributed by atoms with Gasteiger partial charge < -0.3 is 5.32 Å². The molecule has 1 N–H and O–H groups in total. The van der Waals surface area contributed by atoms with Crippen molar-refractivity contribution in [1.29, 1.82) is 0 Å². The van der Waals surface area contributed by atoms with Crippen LogP contribution in [0.4, 0.5) is 18.9 Å². The first-order valence-corrected chi connectivity index (χ1v) is 7.06. The van der Waals surface area contributed by atoms with Crippen LogP contribution in [0.3, 0.4) is 0 Å². The van der Waals surface area contributed by atoms with E-state index in [0.29, 0.717) is 17.8 Å². The molecule has 1 aromatic heterocycles. The Kier molecular flexibility index (Phi) is 3.86. The fourth-order valence-electron chi connectivity index (χ4n) is 2.71. The van der Waals surface area contributed by atoms with E-state index in [9.17, 15) is 13.2 Å². The number of anilines is 1. The molecule has 0 spiro atoms. The van der Waals surface area contributed by atoms with Crippen molar-refractivity contribution >= 4 is 5.69 Å². The summed E-state index contributed by atoms with van der Waals surface area (Å²) in [6, 6.07) is 3.72. The van der Waals surface area contributed by atoms with Crippen LogP contribution in [-0.4, -0.2) is 9.78 Å². The Morgan fingerprint density at radius 2 is 1.95 bits per heavy atom. The fourth-order valence-corrected chi connectivity index (χ4v) is 2.71. The zero-order valence-electron chi connectivity index (χ0n) is 11.5. The van der Waals surface area contributed by atoms with E-state index in [1.807, 2.05) is 16.9 Å². The first kappa shape index (κ1) is 14.0. The topological polar surface area (TPSA) is 29.9 Å². The predicted octanol–water partition coefficient (Wildman–Crippen LogP) is 4.03. The number of halogens is 3. The molecule has 0 saturated heterocycles. The van der Waals surface area contributed by atoms with Gasteiger partial charge in [-0.05, 0) is 18.9 Å². The van der Waals surface area contributed by atoms with Crippen LogP contribution in [0.2, 0.25) is 0 Å². The molecule has 0 atom stereocenters. The highest BCUT2D eigenvalue weighted by Crippen LogP contribution is 2.28. The first-order valence-electron chi connectivity index (χ1n) is 7.06. The van der Waals surface area contributed by atoms with E-state index in [-0.39, 0.29) is 12.2 Å². The molecular weight excluding hydrogens is 279 g/mol. The Labute approximate surface area is 120 Å². The summed E-state index contributed by atoms with van der Waals surface area (Å²) in [6.45, 7) is 0.222. The molecule has 1 aliphatic rings. The van der Waals surface area contributed by atoms with Crippen LogP contribution < -0.4 is 5.32 Å². The lowest BCUT2D eigenvalue weighted by molar-refractivity contribution is 0.463. The summed E-state index contributed by atoms with van der Waals surface area (Å²) in [6.07, 6.45) is 6.57. The minimum Gasteiger partial charge on any atom is -0.377 e. The van der Waals surface area contributed by atoms with E-state index in [0.717, 1.165) is 18.9 Å². The summed E-state index contributed by atoms with van der Waals surface area (Å²) in [7, 11) is 0. The van der Waals surface area contributed by atoms with Gasteiger partial charge in [0.25, 0.3) is 0 Å². The highest BCUT2D eigenvalue weighted by Gasteiger charge is 2.17. The number of nitrogens with zero attached hydrogens (tertiary/aromatic N) is 2. The van der Waals surface area contributed by atoms with Crippen LogP contribution in [-0.2, 0) is 6.54 Å². The standard InChI is InChI=1S/C15H16F3N3/c16-10-7-13(17)15(18)14(8-10)19-9-11-5-6-21(20-11)12-3-1-2-4-12/h5-8,12,19H,1-4,9H2. The number of aromatic nitrogens is 2. The van der Waals surface area contributed by atoms with Crippen molar-refractivity contribution in [3.63, 3.8) is 0 Å². The second kappa shape index (κ2) is 5.79. The zero-order chi connectivity index (χ0) is 14.8. The molecule has 1 heterocycles. The number of rotatable bonds is 4. The Morgan fingerprint density at radius 3 is 2.71 bits per heavy atom. The second-order valence-corrected chi connectivity index (χ2v) is 5.33. The highest BCUT2D eigenvalue weighted by molar-refractivity contribution is 5.45. The Balaban J connectivity index is 1.68. The van der Waals surface area contributed by atoms with Gasteiger partial charge in [-0.1, -0.05) is 12.8 Å². The van der Waals surface area contributed by atoms with Crippen molar-refractivity contribution in [2.75, 3.05) is 5.32 Å². The third kappa shape index (κ3) is 3.04. The molecule has 21 heavy (non-hydrogen) atoms. The molecule has 0 bridgehead atoms. The average molecular weight is 295 g/mol. The molecule has 6 heteroatoms. The van der Waals surface area contributed by atoms with Gasteiger partial charge in [0, 0.05) is 18.3 Å². The monoisotopic (exact) mass is 295 g/mol. The van der Waals surface area contributed by atoms with Gasteiger partial charge >= 0.3 is 0 Å². The van der Waals surface area contributed by atoms with E-state index < -0.39 is 17.5 Å². The van der Waals surface area contributed by atoms with Gasteiger partial charge in [-0.15, -0.1) is 0 Å². The van der Waals surface area contributed by atoms with E-state index in [2.05, 4.69) is 10.4 Å². The Morgan fingerprint density at radius 1 is 1.19 bits per heavy atom. The number of nitrogens with one attached hydrogen (secondary N) is 1. The molecule has 0 unspecified atom stereocenters. The molecule has 2 aromatic rings. The van der Waals surface area contributed by atoms with Crippen molar-refractivity contribution in [1.82, 2.24) is 9.78 Å². The third-order valence-electron chi connectivity index (χ3n) is 3.82. The maximum atomic E-state index is 13.5. The number of hydrogen-bond acceptors (Lipinski definition) is 2. The van der Waals surface area contributed by atoms with Crippen LogP contribution in [0.5, 0.6) is 0 Å². The summed E-state index contributed by atoms with van der Waals surface area (Å²) >= 11 is 0. The van der Waals surface area contributed by atoms with Crippen LogP contribution in [0.15, 0.2) is 24.4 Å². The largest absolute Gasteiger partial charge is 0.377 e. The molecular formula is C15H16F3N3. The lowest BCUT2D eigenvalue weighted by Crippen LogP contribution is -2.08. The lowest BCUT2D eigenvalue weighted by atomic mass is 10.2. The Hall–Kier alpha value is -1.98. The van der Waals surface area contributed by atoms with Crippen LogP contribution >= 0.6 is 0 Å². The quantitative estimate of drug-likeness (QED) is 0.863. The van der Waals surface area contributed by atoms with Crippen molar-refractivity contribution in [3.05, 3.63) is 47.5 Å². The van der Waals surface area contributed by atoms with Crippen molar-refractivity contribution in [2.45, 2.75) is 38.3 Å². The molecule has 3 rings (SSSR count). The molecule has 112 valence electrons. The maximum Gasteiger partial charge on any atom is 0.182 e. The summed E-state index contributed by atoms with van der Waals surface area (Å²) in [4.78, 5) is 0. The average Bonchev–Trinajstić information content (AvgIpc) is 3.11. The van der Waals surface area contributed by atoms with Gasteiger partial charge in [0.1, 0.15) is 5.82 Å². The maximum absolute atomic E-state index is 13.5. The third-order valence-corrected chi connectivity index (χ3v) is 3.82. The SMILES string of the molecule is Fc1cc(F)c(F)c(NCc2ccn(C3CCCC3)n2)c1. The molecule has 1 fully saturated rings. The van der Waals surface area contributed by atoms with E-state index >= 15 is 0 Å². The minimum atomic E-state index is -1.20. The zero-order valence-corrected chi connectivity index (χ0v) is 11.5. The minimum absolute atomic E-state index is 0.192. The van der Waals surface area contributed by atoms with Crippen molar-refractivity contribution in [3.8, 4) is 0 Å². The first-order chi connectivity index (χ1) is 10.1. The molecule has 1 aromatic carbocycles. The van der Waals surface area contributed by atoms with Crippen LogP contribution in [0.1, 0.15) is 37.4 Å². The van der Waals surface area contributed by atoms with E-state index in [1.54, 1.807) is 0 Å². The Bertz CT molecular complexity index is 633. The van der Waals surface area contributed by atoms with Gasteiger partial charge in [-0.25, -0.2) is 13.2 Å². The van der Waals surface area contributed by atoms with Crippen LogP contribution in [0.25, 0.3) is 0 Å². The lowest BCUT2D eigenvalue weighted by Gasteiger charge is -2.09. The van der Waals surface area contributed by atoms with Gasteiger partial charge in [0.2, 0.25) is 0 Å². The van der Waals surface area contributed by atoms with Gasteiger partial charge in [0.05, 0.1) is 24.0 Å². The molecule has 1 saturated carbocycles. The summed E-state index contributed by atoms with van der Waals surface area (Å²) in [5, 5.41) is 7.11. The van der Waals surface area contributed by atoms with E-state index in [1.165, 1.54) is 12.8 Å². The summed E-state index contributed by atoms with van der Waals surface area (Å²) < 4.78 is 41.6. The normalized spacial score (nSPS) is 15.6. The molecule has 3 nitrogen and oxygen atoms in total. The molecule has 0 amide bonds. The van der Waals surface area contributed by atoms with Gasteiger partial charge in [-0.3, -0.25) is 4.68 Å².